The van der Waals surface area contributed by atoms with Crippen molar-refractivity contribution in [2.75, 3.05) is 0 Å². The number of hydrogen-bond acceptors (Lipinski definition) is 0. The molecule has 0 aliphatic rings. The quantitative estimate of drug-likeness (QED) is 0.562. The van der Waals surface area contributed by atoms with Crippen molar-refractivity contribution in [1.82, 2.24) is 0 Å². The van der Waals surface area contributed by atoms with Crippen molar-refractivity contribution in [2.45, 2.75) is 0 Å². The smallest absolute Gasteiger partial charge is 0.00992 e. The third-order valence-electron chi connectivity index (χ3n) is 3.30. The van der Waals surface area contributed by atoms with Gasteiger partial charge in [0.2, 0.25) is 0 Å². The molecule has 18 heavy (non-hydrogen) atoms. The van der Waals surface area contributed by atoms with Crippen molar-refractivity contribution in [3.8, 4) is 0 Å². The molecule has 0 aromatic heterocycles. The van der Waals surface area contributed by atoms with E-state index in [2.05, 4.69) is 61.7 Å². The van der Waals surface area contributed by atoms with Crippen LogP contribution in [0.25, 0.3) is 34.2 Å². The summed E-state index contributed by atoms with van der Waals surface area (Å²) in [6, 6.07) is 17.1. The molecule has 0 saturated heterocycles. The molecule has 3 aromatic carbocycles. The second-order valence-corrected chi connectivity index (χ2v) is 4.46. The lowest BCUT2D eigenvalue weighted by Gasteiger charge is -2.03. The standard InChI is InChI=1S/C18H14/c1-3-6-17-13(2)9-10-16-11-14-7-4-5-8-15(14)12-18(16)17/h3-12H,1-2H2. The molecule has 0 heterocycles. The lowest BCUT2D eigenvalue weighted by atomic mass is 10.0. The third kappa shape index (κ3) is 1.63. The molecule has 0 atom stereocenters. The van der Waals surface area contributed by atoms with Crippen LogP contribution in [0, 0.1) is 0 Å². The molecule has 0 N–H and O–H groups in total. The Kier molecular flexibility index (Phi) is 2.49. The highest BCUT2D eigenvalue weighted by Crippen LogP contribution is 2.19. The summed E-state index contributed by atoms with van der Waals surface area (Å²) < 4.78 is 0. The zero-order valence-corrected chi connectivity index (χ0v) is 10.2. The topological polar surface area (TPSA) is 0 Å². The monoisotopic (exact) mass is 230 g/mol. The lowest BCUT2D eigenvalue weighted by molar-refractivity contribution is 1.61. The van der Waals surface area contributed by atoms with Gasteiger partial charge in [-0.3, -0.25) is 0 Å². The van der Waals surface area contributed by atoms with Crippen molar-refractivity contribution < 1.29 is 0 Å². The molecule has 0 heteroatoms. The number of allylic oxidation sites excluding steroid dienone is 1. The zero-order chi connectivity index (χ0) is 12.5. The molecule has 0 aliphatic heterocycles. The molecule has 0 bridgehead atoms. The van der Waals surface area contributed by atoms with Crippen LogP contribution in [0.3, 0.4) is 0 Å². The van der Waals surface area contributed by atoms with Gasteiger partial charge in [-0.2, -0.15) is 0 Å². The predicted octanol–water partition coefficient (Wildman–Crippen LogP) is 3.37. The molecule has 3 rings (SSSR count). The zero-order valence-electron chi connectivity index (χ0n) is 10.2. The summed E-state index contributed by atoms with van der Waals surface area (Å²) in [5, 5.41) is 7.21. The van der Waals surface area contributed by atoms with E-state index in [1.807, 2.05) is 12.2 Å². The Morgan fingerprint density at radius 3 is 2.28 bits per heavy atom. The van der Waals surface area contributed by atoms with Crippen molar-refractivity contribution in [3.63, 3.8) is 0 Å². The Balaban J connectivity index is 2.59. The highest BCUT2D eigenvalue weighted by atomic mass is 14.0. The Labute approximate surface area is 106 Å². The fraction of sp³-hybridized carbons (Fsp3) is 0. The van der Waals surface area contributed by atoms with Crippen LogP contribution in [-0.2, 0) is 0 Å². The van der Waals surface area contributed by atoms with Gasteiger partial charge in [0.05, 0.1) is 0 Å². The normalized spacial score (nSPS) is 12.1. The molecule has 3 aromatic rings. The highest BCUT2D eigenvalue weighted by molar-refractivity contribution is 5.98. The molecule has 0 nitrogen and oxygen atoms in total. The Morgan fingerprint density at radius 1 is 0.833 bits per heavy atom. The predicted molar refractivity (Wildman–Crippen MR) is 80.9 cm³/mol. The average molecular weight is 230 g/mol. The number of hydrogen-bond donors (Lipinski definition) is 0. The first kappa shape index (κ1) is 10.8. The summed E-state index contributed by atoms with van der Waals surface area (Å²) in [5.41, 5.74) is 0. The van der Waals surface area contributed by atoms with Gasteiger partial charge in [0.15, 0.2) is 0 Å². The van der Waals surface area contributed by atoms with Gasteiger partial charge in [-0.05, 0) is 44.1 Å². The van der Waals surface area contributed by atoms with Crippen LogP contribution in [0.2, 0.25) is 0 Å². The van der Waals surface area contributed by atoms with Crippen LogP contribution in [0.15, 0.2) is 61.2 Å². The Bertz CT molecular complexity index is 854. The van der Waals surface area contributed by atoms with E-state index in [1.165, 1.54) is 21.5 Å². The second kappa shape index (κ2) is 4.15. The molecule has 0 radical (unpaired) electrons. The molecule has 0 spiro atoms. The molecule has 86 valence electrons. The fourth-order valence-electron chi connectivity index (χ4n) is 2.40. The summed E-state index contributed by atoms with van der Waals surface area (Å²) in [7, 11) is 0. The van der Waals surface area contributed by atoms with Gasteiger partial charge < -0.3 is 0 Å². The van der Waals surface area contributed by atoms with Gasteiger partial charge in [0.1, 0.15) is 0 Å². The molecule has 0 saturated carbocycles. The minimum absolute atomic E-state index is 1.04. The van der Waals surface area contributed by atoms with E-state index in [9.17, 15) is 0 Å². The molecule has 0 fully saturated rings. The molecular weight excluding hydrogens is 216 g/mol. The number of rotatable bonds is 1. The lowest BCUT2D eigenvalue weighted by Crippen LogP contribution is -2.23. The van der Waals surface area contributed by atoms with Crippen molar-refractivity contribution in [1.29, 1.82) is 0 Å². The summed E-state index contributed by atoms with van der Waals surface area (Å²) in [6.07, 6.45) is 3.85. The first-order valence-electron chi connectivity index (χ1n) is 6.03. The number of benzene rings is 3. The molecular formula is C18H14. The van der Waals surface area contributed by atoms with E-state index in [0.29, 0.717) is 0 Å². The van der Waals surface area contributed by atoms with Crippen LogP contribution in [0.1, 0.15) is 0 Å². The Hall–Kier alpha value is -2.34. The summed E-state index contributed by atoms with van der Waals surface area (Å²) in [5.74, 6) is 0. The summed E-state index contributed by atoms with van der Waals surface area (Å²) >= 11 is 0. The molecule has 0 amide bonds. The van der Waals surface area contributed by atoms with Crippen LogP contribution in [0.4, 0.5) is 0 Å². The first-order valence-corrected chi connectivity index (χ1v) is 6.03. The summed E-state index contributed by atoms with van der Waals surface area (Å²) in [4.78, 5) is 0. The summed E-state index contributed by atoms with van der Waals surface area (Å²) in [6.45, 7) is 7.87. The van der Waals surface area contributed by atoms with E-state index in [0.717, 1.165) is 10.4 Å². The van der Waals surface area contributed by atoms with Crippen molar-refractivity contribution in [3.05, 3.63) is 71.6 Å². The van der Waals surface area contributed by atoms with E-state index in [-0.39, 0.29) is 0 Å². The maximum Gasteiger partial charge on any atom is -0.00992 e. The van der Waals surface area contributed by atoms with Gasteiger partial charge in [0.25, 0.3) is 0 Å². The second-order valence-electron chi connectivity index (χ2n) is 4.46. The van der Waals surface area contributed by atoms with Crippen molar-refractivity contribution >= 4 is 34.2 Å². The molecule has 0 aliphatic carbocycles. The van der Waals surface area contributed by atoms with Gasteiger partial charge in [0, 0.05) is 0 Å². The van der Waals surface area contributed by atoms with Crippen LogP contribution in [0.5, 0.6) is 0 Å². The van der Waals surface area contributed by atoms with Crippen LogP contribution >= 0.6 is 0 Å². The largest absolute Gasteiger partial charge is 0.0990 e. The third-order valence-corrected chi connectivity index (χ3v) is 3.30. The fourth-order valence-corrected chi connectivity index (χ4v) is 2.40. The van der Waals surface area contributed by atoms with Gasteiger partial charge >= 0.3 is 0 Å². The van der Waals surface area contributed by atoms with E-state index >= 15 is 0 Å². The van der Waals surface area contributed by atoms with E-state index in [4.69, 9.17) is 0 Å². The van der Waals surface area contributed by atoms with Gasteiger partial charge in [-0.25, -0.2) is 0 Å². The minimum Gasteiger partial charge on any atom is -0.0990 e. The number of fused-ring (bicyclic) bond motifs is 2. The maximum atomic E-state index is 4.09. The van der Waals surface area contributed by atoms with Crippen LogP contribution in [-0.4, -0.2) is 0 Å². The van der Waals surface area contributed by atoms with Crippen LogP contribution < -0.4 is 10.4 Å². The highest BCUT2D eigenvalue weighted by Gasteiger charge is 1.99. The molecule has 0 unspecified atom stereocenters. The van der Waals surface area contributed by atoms with Gasteiger partial charge in [-0.15, -0.1) is 0 Å². The van der Waals surface area contributed by atoms with E-state index in [1.54, 1.807) is 0 Å². The van der Waals surface area contributed by atoms with Gasteiger partial charge in [-0.1, -0.05) is 61.7 Å². The first-order chi connectivity index (χ1) is 8.79. The van der Waals surface area contributed by atoms with Crippen molar-refractivity contribution in [2.24, 2.45) is 0 Å². The Morgan fingerprint density at radius 2 is 1.56 bits per heavy atom. The SMILES string of the molecule is C=CC=c1c(=C)ccc2cc3ccccc3cc12. The maximum absolute atomic E-state index is 4.09. The average Bonchev–Trinajstić information content (AvgIpc) is 2.40. The minimum atomic E-state index is 1.04. The van der Waals surface area contributed by atoms with E-state index < -0.39 is 0 Å².